The summed E-state index contributed by atoms with van der Waals surface area (Å²) in [5, 5.41) is 1.66. The molecule has 0 fully saturated rings. The highest BCUT2D eigenvalue weighted by Gasteiger charge is 2.73. The van der Waals surface area contributed by atoms with Crippen molar-refractivity contribution in [2.24, 2.45) is 0 Å². The van der Waals surface area contributed by atoms with E-state index < -0.39 is 46.9 Å². The minimum Gasteiger partial charge on any atom is -0.347 e. The van der Waals surface area contributed by atoms with Gasteiger partial charge in [-0.1, -0.05) is 29.8 Å². The van der Waals surface area contributed by atoms with Crippen molar-refractivity contribution in [1.29, 1.82) is 0 Å². The van der Waals surface area contributed by atoms with Crippen LogP contribution in [0.15, 0.2) is 48.5 Å². The number of hydrogen-bond donors (Lipinski definition) is 2. The molecule has 0 atom stereocenters. The molecule has 30 heavy (non-hydrogen) atoms. The molecule has 0 bridgehead atoms. The number of hydrogen-bond acceptors (Lipinski definition) is 2. The average molecular weight is 444 g/mol. The van der Waals surface area contributed by atoms with Crippen molar-refractivity contribution in [1.82, 2.24) is 5.32 Å². The van der Waals surface area contributed by atoms with Gasteiger partial charge in [0.25, 0.3) is 5.91 Å². The summed E-state index contributed by atoms with van der Waals surface area (Å²) in [6.45, 7) is 1.56. The van der Waals surface area contributed by atoms with Gasteiger partial charge < -0.3 is 10.6 Å². The second kappa shape index (κ2) is 7.73. The van der Waals surface area contributed by atoms with Crippen molar-refractivity contribution in [3.05, 3.63) is 65.2 Å². The number of amides is 1. The number of nitrogens with one attached hydrogen (secondary N) is 2. The van der Waals surface area contributed by atoms with Crippen molar-refractivity contribution < 1.29 is 44.3 Å². The maximum absolute atomic E-state index is 13.6. The first-order valence-corrected chi connectivity index (χ1v) is 8.05. The number of rotatable bonds is 4. The molecule has 0 radical (unpaired) electrons. The molecule has 0 heterocycles. The van der Waals surface area contributed by atoms with E-state index in [1.807, 2.05) is 0 Å². The Bertz CT molecular complexity index is 886. The fraction of sp³-hybridized carbons (Fsp3) is 0.278. The third-order valence-corrected chi connectivity index (χ3v) is 4.02. The Balaban J connectivity index is 2.61. The Hall–Kier alpha value is -2.92. The van der Waals surface area contributed by atoms with Crippen LogP contribution in [0.4, 0.5) is 45.2 Å². The predicted molar refractivity (Wildman–Crippen MR) is 88.6 cm³/mol. The second-order valence-corrected chi connectivity index (χ2v) is 6.23. The molecule has 2 aromatic rings. The molecule has 0 aliphatic heterocycles. The van der Waals surface area contributed by atoms with Crippen LogP contribution in [-0.2, 0) is 6.18 Å². The Morgan fingerprint density at radius 3 is 1.73 bits per heavy atom. The number of carbonyl (C=O) groups excluding carboxylic acids is 1. The lowest BCUT2D eigenvalue weighted by Gasteiger charge is -2.39. The van der Waals surface area contributed by atoms with E-state index in [9.17, 15) is 44.3 Å². The Morgan fingerprint density at radius 1 is 0.767 bits per heavy atom. The first kappa shape index (κ1) is 23.4. The van der Waals surface area contributed by atoms with E-state index in [1.54, 1.807) is 6.92 Å². The number of carbonyl (C=O) groups is 1. The number of alkyl halides is 9. The number of anilines is 1. The van der Waals surface area contributed by atoms with Crippen LogP contribution in [0.5, 0.6) is 0 Å². The molecular formula is C18H13F9N2O. The monoisotopic (exact) mass is 444 g/mol. The second-order valence-electron chi connectivity index (χ2n) is 6.23. The quantitative estimate of drug-likeness (QED) is 0.471. The summed E-state index contributed by atoms with van der Waals surface area (Å²) in [5.74, 6) is -1.79. The lowest BCUT2D eigenvalue weighted by molar-refractivity contribution is -0.294. The fourth-order valence-electron chi connectivity index (χ4n) is 2.46. The van der Waals surface area contributed by atoms with Crippen LogP contribution in [0.25, 0.3) is 0 Å². The Kier molecular flexibility index (Phi) is 6.02. The molecule has 0 aliphatic rings. The maximum atomic E-state index is 13.6. The third-order valence-electron chi connectivity index (χ3n) is 4.02. The minimum absolute atomic E-state index is 0.307. The summed E-state index contributed by atoms with van der Waals surface area (Å²) in [7, 11) is 0. The molecule has 2 aromatic carbocycles. The molecule has 164 valence electrons. The predicted octanol–water partition coefficient (Wildman–Crippen LogP) is 5.68. The van der Waals surface area contributed by atoms with Gasteiger partial charge in [-0.05, 0) is 31.2 Å². The van der Waals surface area contributed by atoms with Gasteiger partial charge in [-0.25, -0.2) is 0 Å². The van der Waals surface area contributed by atoms with Crippen LogP contribution < -0.4 is 10.6 Å². The van der Waals surface area contributed by atoms with Crippen LogP contribution in [0.1, 0.15) is 21.5 Å². The van der Waals surface area contributed by atoms with E-state index in [0.29, 0.717) is 17.7 Å². The zero-order valence-corrected chi connectivity index (χ0v) is 14.9. The first-order valence-electron chi connectivity index (χ1n) is 8.05. The summed E-state index contributed by atoms with van der Waals surface area (Å²) in [6, 6.07) is 6.80. The lowest BCUT2D eigenvalue weighted by Crippen LogP contribution is -2.72. The van der Waals surface area contributed by atoms with E-state index in [2.05, 4.69) is 0 Å². The molecule has 0 spiro atoms. The first-order chi connectivity index (χ1) is 13.6. The molecular weight excluding hydrogens is 431 g/mol. The van der Waals surface area contributed by atoms with Crippen molar-refractivity contribution in [2.45, 2.75) is 31.1 Å². The molecule has 2 rings (SSSR count). The molecule has 1 amide bonds. The number of para-hydroxylation sites is 1. The molecule has 0 aliphatic carbocycles. The third kappa shape index (κ3) is 4.62. The van der Waals surface area contributed by atoms with E-state index in [1.165, 1.54) is 12.1 Å². The average Bonchev–Trinajstić information content (AvgIpc) is 2.59. The highest BCUT2D eigenvalue weighted by molar-refractivity contribution is 5.95. The SMILES string of the molecule is Cc1ccc(C(=O)NC(Nc2ccccc2C(F)(F)F)(C(F)(F)F)C(F)(F)F)cc1. The molecule has 0 saturated heterocycles. The van der Waals surface area contributed by atoms with Crippen LogP contribution >= 0.6 is 0 Å². The van der Waals surface area contributed by atoms with Gasteiger partial charge >= 0.3 is 24.2 Å². The van der Waals surface area contributed by atoms with Gasteiger partial charge in [-0.2, -0.15) is 39.5 Å². The van der Waals surface area contributed by atoms with E-state index in [4.69, 9.17) is 0 Å². The van der Waals surface area contributed by atoms with Gasteiger partial charge in [0.2, 0.25) is 0 Å². The topological polar surface area (TPSA) is 41.1 Å². The number of halogens is 9. The molecule has 3 nitrogen and oxygen atoms in total. The summed E-state index contributed by atoms with van der Waals surface area (Å²) in [5.41, 5.74) is -8.45. The fourth-order valence-corrected chi connectivity index (χ4v) is 2.46. The van der Waals surface area contributed by atoms with E-state index in [-0.39, 0.29) is 0 Å². The highest BCUT2D eigenvalue weighted by Crippen LogP contribution is 2.45. The van der Waals surface area contributed by atoms with Crippen LogP contribution in [-0.4, -0.2) is 23.9 Å². The van der Waals surface area contributed by atoms with Crippen molar-refractivity contribution in [3.8, 4) is 0 Å². The van der Waals surface area contributed by atoms with Gasteiger partial charge in [0, 0.05) is 11.3 Å². The van der Waals surface area contributed by atoms with E-state index in [0.717, 1.165) is 34.9 Å². The number of aryl methyl sites for hydroxylation is 1. The zero-order chi connectivity index (χ0) is 23.0. The van der Waals surface area contributed by atoms with Crippen LogP contribution in [0.2, 0.25) is 0 Å². The van der Waals surface area contributed by atoms with Gasteiger partial charge in [0.1, 0.15) is 0 Å². The largest absolute Gasteiger partial charge is 0.439 e. The highest BCUT2D eigenvalue weighted by atomic mass is 19.4. The lowest BCUT2D eigenvalue weighted by atomic mass is 10.0. The van der Waals surface area contributed by atoms with Crippen LogP contribution in [0.3, 0.4) is 0 Å². The smallest absolute Gasteiger partial charge is 0.347 e. The minimum atomic E-state index is -6.26. The van der Waals surface area contributed by atoms with E-state index >= 15 is 0 Å². The summed E-state index contributed by atoms with van der Waals surface area (Å²) in [4.78, 5) is 12.2. The molecule has 0 saturated carbocycles. The maximum Gasteiger partial charge on any atom is 0.439 e. The molecule has 0 aromatic heterocycles. The Morgan fingerprint density at radius 2 is 1.27 bits per heavy atom. The Labute approximate surface area is 163 Å². The van der Waals surface area contributed by atoms with Gasteiger partial charge in [0.15, 0.2) is 0 Å². The van der Waals surface area contributed by atoms with Crippen molar-refractivity contribution in [2.75, 3.05) is 5.32 Å². The summed E-state index contributed by atoms with van der Waals surface area (Å²) in [6.07, 6.45) is -17.8. The molecule has 2 N–H and O–H groups in total. The van der Waals surface area contributed by atoms with Crippen LogP contribution in [0, 0.1) is 6.92 Å². The summed E-state index contributed by atoms with van der Waals surface area (Å²) < 4.78 is 121. The normalized spacial score (nSPS) is 13.1. The molecule has 0 unspecified atom stereocenters. The standard InChI is InChI=1S/C18H13F9N2O/c1-10-6-8-11(9-7-10)14(30)29-16(17(22,23)24,18(25,26)27)28-13-5-3-2-4-12(13)15(19,20)21/h2-9,28H,1H3,(H,29,30). The van der Waals surface area contributed by atoms with Gasteiger partial charge in [-0.15, -0.1) is 0 Å². The van der Waals surface area contributed by atoms with Gasteiger partial charge in [0.05, 0.1) is 5.56 Å². The van der Waals surface area contributed by atoms with Gasteiger partial charge in [-0.3, -0.25) is 4.79 Å². The zero-order valence-electron chi connectivity index (χ0n) is 14.9. The molecule has 12 heteroatoms. The number of benzene rings is 2. The van der Waals surface area contributed by atoms with Crippen molar-refractivity contribution in [3.63, 3.8) is 0 Å². The van der Waals surface area contributed by atoms with Crippen molar-refractivity contribution >= 4 is 11.6 Å². The summed E-state index contributed by atoms with van der Waals surface area (Å²) >= 11 is 0.